The summed E-state index contributed by atoms with van der Waals surface area (Å²) in [6.07, 6.45) is -0.169. The molecule has 0 saturated carbocycles. The average molecular weight is 458 g/mol. The fourth-order valence-corrected chi connectivity index (χ4v) is 4.51. The van der Waals surface area contributed by atoms with Gasteiger partial charge in [-0.1, -0.05) is 6.92 Å². The third kappa shape index (κ3) is 4.89. The molecular formula is C21H29F3N4O4. The van der Waals surface area contributed by atoms with Crippen LogP contribution in [0, 0.1) is 17.8 Å². The van der Waals surface area contributed by atoms with Gasteiger partial charge in [-0.25, -0.2) is 0 Å². The summed E-state index contributed by atoms with van der Waals surface area (Å²) in [4.78, 5) is 55.9. The number of ketones is 4. The molecule has 0 aromatic heterocycles. The van der Waals surface area contributed by atoms with E-state index in [1.54, 1.807) is 0 Å². The van der Waals surface area contributed by atoms with Crippen molar-refractivity contribution in [2.24, 2.45) is 34.2 Å². The molecule has 0 aliphatic carbocycles. The Kier molecular flexibility index (Phi) is 7.90. The van der Waals surface area contributed by atoms with E-state index in [4.69, 9.17) is 11.5 Å². The Bertz CT molecular complexity index is 817. The van der Waals surface area contributed by atoms with E-state index < -0.39 is 70.7 Å². The molecule has 0 aromatic carbocycles. The molecule has 32 heavy (non-hydrogen) atoms. The van der Waals surface area contributed by atoms with Crippen LogP contribution in [-0.4, -0.2) is 65.7 Å². The van der Waals surface area contributed by atoms with Gasteiger partial charge in [0.1, 0.15) is 5.54 Å². The number of Topliss-reactive ketones (excluding diaryl/α,β-unsaturated/α-hetero) is 4. The standard InChI is InChI=1S/C21H29F3N4O4/c1-10(14(16(29)11(2)25)19(32)21(22,23)24)15(17(30)12(3)26)20(7-5-9-28-20)18(31)13-6-4-8-27-13/h5,7,9-15,27H,4,6,8,25-26H2,1-3H3/t10?,11-,12-,13+,14?,15?,20?/m0/s1. The van der Waals surface area contributed by atoms with Crippen LogP contribution in [0.5, 0.6) is 0 Å². The summed E-state index contributed by atoms with van der Waals surface area (Å²) < 4.78 is 40.2. The summed E-state index contributed by atoms with van der Waals surface area (Å²) >= 11 is 0. The predicted molar refractivity (Wildman–Crippen MR) is 111 cm³/mol. The topological polar surface area (TPSA) is 145 Å². The maximum Gasteiger partial charge on any atom is 0.450 e. The first kappa shape index (κ1) is 26.0. The van der Waals surface area contributed by atoms with Crippen molar-refractivity contribution in [3.63, 3.8) is 0 Å². The van der Waals surface area contributed by atoms with Gasteiger partial charge in [0.25, 0.3) is 0 Å². The Hall–Kier alpha value is -2.24. The van der Waals surface area contributed by atoms with Gasteiger partial charge in [-0.2, -0.15) is 13.2 Å². The van der Waals surface area contributed by atoms with Gasteiger partial charge in [-0.3, -0.25) is 24.2 Å². The number of carbonyl (C=O) groups excluding carboxylic acids is 4. The molecule has 178 valence electrons. The molecule has 0 aromatic rings. The van der Waals surface area contributed by atoms with Crippen molar-refractivity contribution in [1.29, 1.82) is 0 Å². The number of carbonyl (C=O) groups is 4. The highest BCUT2D eigenvalue weighted by atomic mass is 19.4. The molecule has 1 saturated heterocycles. The summed E-state index contributed by atoms with van der Waals surface area (Å²) in [6, 6.07) is -3.25. The lowest BCUT2D eigenvalue weighted by atomic mass is 9.64. The Labute approximate surface area is 184 Å². The van der Waals surface area contributed by atoms with Crippen LogP contribution in [0.15, 0.2) is 17.1 Å². The van der Waals surface area contributed by atoms with Crippen LogP contribution in [0.3, 0.4) is 0 Å². The monoisotopic (exact) mass is 458 g/mol. The highest BCUT2D eigenvalue weighted by Crippen LogP contribution is 2.41. The summed E-state index contributed by atoms with van der Waals surface area (Å²) in [7, 11) is 0. The molecule has 4 unspecified atom stereocenters. The highest BCUT2D eigenvalue weighted by molar-refractivity contribution is 6.09. The summed E-state index contributed by atoms with van der Waals surface area (Å²) in [5.74, 6) is -10.2. The minimum Gasteiger partial charge on any atom is -0.322 e. The first-order chi connectivity index (χ1) is 14.8. The zero-order chi connectivity index (χ0) is 24.4. The fourth-order valence-electron chi connectivity index (χ4n) is 4.51. The van der Waals surface area contributed by atoms with E-state index in [9.17, 15) is 32.3 Å². The number of nitrogens with zero attached hydrogens (tertiary/aromatic N) is 1. The van der Waals surface area contributed by atoms with Gasteiger partial charge in [-0.15, -0.1) is 0 Å². The number of alkyl halides is 3. The molecule has 0 bridgehead atoms. The zero-order valence-electron chi connectivity index (χ0n) is 18.2. The molecular weight excluding hydrogens is 429 g/mol. The van der Waals surface area contributed by atoms with E-state index in [0.29, 0.717) is 19.4 Å². The van der Waals surface area contributed by atoms with Gasteiger partial charge in [0.05, 0.1) is 30.0 Å². The maximum atomic E-state index is 13.5. The third-order valence-electron chi connectivity index (χ3n) is 6.09. The normalized spacial score (nSPS) is 27.6. The lowest BCUT2D eigenvalue weighted by Crippen LogP contribution is -2.59. The van der Waals surface area contributed by atoms with E-state index in [2.05, 4.69) is 10.3 Å². The Morgan fingerprint density at radius 3 is 2.09 bits per heavy atom. The molecule has 0 amide bonds. The van der Waals surface area contributed by atoms with Crippen LogP contribution in [-0.2, 0) is 19.2 Å². The molecule has 2 heterocycles. The first-order valence-corrected chi connectivity index (χ1v) is 10.5. The van der Waals surface area contributed by atoms with E-state index in [-0.39, 0.29) is 0 Å². The molecule has 2 aliphatic rings. The molecule has 7 atom stereocenters. The number of rotatable bonds is 10. The second-order valence-electron chi connectivity index (χ2n) is 8.53. The van der Waals surface area contributed by atoms with Crippen molar-refractivity contribution < 1.29 is 32.3 Å². The average Bonchev–Trinajstić information content (AvgIpc) is 3.39. The number of nitrogens with one attached hydrogen (secondary N) is 1. The molecule has 11 heteroatoms. The van der Waals surface area contributed by atoms with E-state index in [1.807, 2.05) is 0 Å². The number of hydrogen-bond donors (Lipinski definition) is 3. The highest BCUT2D eigenvalue weighted by Gasteiger charge is 2.58. The summed E-state index contributed by atoms with van der Waals surface area (Å²) in [5.41, 5.74) is 9.44. The second kappa shape index (κ2) is 9.72. The number of nitrogens with two attached hydrogens (primary N) is 2. The van der Waals surface area contributed by atoms with Crippen molar-refractivity contribution in [2.75, 3.05) is 6.54 Å². The largest absolute Gasteiger partial charge is 0.450 e. The van der Waals surface area contributed by atoms with Crippen molar-refractivity contribution in [3.8, 4) is 0 Å². The minimum absolute atomic E-state index is 0.459. The SMILES string of the molecule is CC(C(C(=O)[C@H](C)N)C(=O)C(F)(F)F)C(C(=O)[C@H](C)N)C1(C(=O)[C@H]2CCCN2)C=CC=N1. The van der Waals surface area contributed by atoms with Gasteiger partial charge in [-0.05, 0) is 51.3 Å². The predicted octanol–water partition coefficient (Wildman–Crippen LogP) is 0.519. The molecule has 8 nitrogen and oxygen atoms in total. The fraction of sp³-hybridized carbons (Fsp3) is 0.667. The van der Waals surface area contributed by atoms with E-state index in [0.717, 1.165) is 6.92 Å². The van der Waals surface area contributed by atoms with Gasteiger partial charge >= 0.3 is 6.18 Å². The molecule has 5 N–H and O–H groups in total. The molecule has 1 fully saturated rings. The second-order valence-corrected chi connectivity index (χ2v) is 8.53. The van der Waals surface area contributed by atoms with Crippen molar-refractivity contribution >= 4 is 29.3 Å². The van der Waals surface area contributed by atoms with E-state index in [1.165, 1.54) is 32.2 Å². The van der Waals surface area contributed by atoms with E-state index >= 15 is 0 Å². The lowest BCUT2D eigenvalue weighted by molar-refractivity contribution is -0.179. The number of aliphatic imine (C=N–C) groups is 1. The van der Waals surface area contributed by atoms with Gasteiger partial charge in [0, 0.05) is 6.21 Å². The molecule has 2 rings (SSSR count). The van der Waals surface area contributed by atoms with Crippen molar-refractivity contribution in [3.05, 3.63) is 12.2 Å². The number of hydrogen-bond acceptors (Lipinski definition) is 8. The Balaban J connectivity index is 2.66. The zero-order valence-corrected chi connectivity index (χ0v) is 18.2. The van der Waals surface area contributed by atoms with Gasteiger partial charge < -0.3 is 16.8 Å². The molecule has 0 spiro atoms. The summed E-state index contributed by atoms with van der Waals surface area (Å²) in [6.45, 7) is 4.20. The molecule has 2 aliphatic heterocycles. The van der Waals surface area contributed by atoms with Gasteiger partial charge in [0.15, 0.2) is 17.3 Å². The van der Waals surface area contributed by atoms with Crippen LogP contribution in [0.2, 0.25) is 0 Å². The van der Waals surface area contributed by atoms with Crippen LogP contribution in [0.4, 0.5) is 13.2 Å². The van der Waals surface area contributed by atoms with Gasteiger partial charge in [0.2, 0.25) is 5.78 Å². The van der Waals surface area contributed by atoms with Crippen LogP contribution < -0.4 is 16.8 Å². The minimum atomic E-state index is -5.34. The Morgan fingerprint density at radius 1 is 1.09 bits per heavy atom. The van der Waals surface area contributed by atoms with Crippen LogP contribution >= 0.6 is 0 Å². The smallest absolute Gasteiger partial charge is 0.322 e. The first-order valence-electron chi connectivity index (χ1n) is 10.5. The van der Waals surface area contributed by atoms with Crippen molar-refractivity contribution in [2.45, 2.75) is 63.5 Å². The number of allylic oxidation sites excluding steroid dienone is 1. The third-order valence-corrected chi connectivity index (χ3v) is 6.09. The molecule has 0 radical (unpaired) electrons. The van der Waals surface area contributed by atoms with Crippen molar-refractivity contribution in [1.82, 2.24) is 5.32 Å². The Morgan fingerprint density at radius 2 is 1.69 bits per heavy atom. The van der Waals surface area contributed by atoms with Crippen LogP contribution in [0.25, 0.3) is 0 Å². The lowest BCUT2D eigenvalue weighted by Gasteiger charge is -2.40. The van der Waals surface area contributed by atoms with Crippen LogP contribution in [0.1, 0.15) is 33.6 Å². The number of halogens is 3. The maximum absolute atomic E-state index is 13.5. The summed E-state index contributed by atoms with van der Waals surface area (Å²) in [5, 5.41) is 3.00. The quantitative estimate of drug-likeness (QED) is 0.405.